The van der Waals surface area contributed by atoms with E-state index < -0.39 is 4.92 Å². The van der Waals surface area contributed by atoms with Gasteiger partial charge in [-0.05, 0) is 12.1 Å². The van der Waals surface area contributed by atoms with E-state index in [1.54, 1.807) is 0 Å². The fourth-order valence-corrected chi connectivity index (χ4v) is 0.596. The van der Waals surface area contributed by atoms with Gasteiger partial charge in [-0.2, -0.15) is 0 Å². The van der Waals surface area contributed by atoms with Crippen LogP contribution >= 0.6 is 0 Å². The lowest BCUT2D eigenvalue weighted by atomic mass is 10.3. The molecule has 14 heavy (non-hydrogen) atoms. The van der Waals surface area contributed by atoms with Crippen LogP contribution in [0.1, 0.15) is 0 Å². The van der Waals surface area contributed by atoms with Crippen LogP contribution in [0.4, 0.5) is 11.4 Å². The van der Waals surface area contributed by atoms with Crippen molar-refractivity contribution in [1.29, 1.82) is 0 Å². The number of aliphatic hydroxyl groups excluding tert-OH is 1. The number of nitrogen functional groups attached to an aromatic ring is 1. The average molecular weight is 199 g/mol. The van der Waals surface area contributed by atoms with E-state index in [-0.39, 0.29) is 12.3 Å². The Bertz CT molecular complexity index is 272. The fourth-order valence-electron chi connectivity index (χ4n) is 0.596. The van der Waals surface area contributed by atoms with Crippen molar-refractivity contribution in [2.45, 2.75) is 0 Å². The summed E-state index contributed by atoms with van der Waals surface area (Å²) in [5.41, 5.74) is 10.7. The number of nitrogens with zero attached hydrogens (tertiary/aromatic N) is 1. The number of nitrogens with two attached hydrogens (primary N) is 2. The summed E-state index contributed by atoms with van der Waals surface area (Å²) >= 11 is 0. The maximum atomic E-state index is 10.1. The van der Waals surface area contributed by atoms with Gasteiger partial charge in [0.05, 0.1) is 11.5 Å². The molecule has 0 heterocycles. The highest BCUT2D eigenvalue weighted by Crippen LogP contribution is 2.11. The van der Waals surface area contributed by atoms with Crippen LogP contribution in [-0.2, 0) is 0 Å². The van der Waals surface area contributed by atoms with E-state index >= 15 is 0 Å². The molecule has 0 amide bonds. The van der Waals surface area contributed by atoms with E-state index in [2.05, 4.69) is 0 Å². The Labute approximate surface area is 81.3 Å². The zero-order valence-electron chi connectivity index (χ0n) is 7.59. The first-order valence-corrected chi connectivity index (χ1v) is 3.92. The molecule has 0 saturated heterocycles. The first-order valence-electron chi connectivity index (χ1n) is 3.92. The molecule has 0 fully saturated rings. The number of nitro benzene ring substituents is 1. The van der Waals surface area contributed by atoms with E-state index in [1.807, 2.05) is 0 Å². The van der Waals surface area contributed by atoms with Gasteiger partial charge in [0.2, 0.25) is 0 Å². The normalized spacial score (nSPS) is 8.71. The first kappa shape index (κ1) is 12.3. The van der Waals surface area contributed by atoms with Gasteiger partial charge in [0.25, 0.3) is 5.69 Å². The maximum Gasteiger partial charge on any atom is 0.269 e. The highest BCUT2D eigenvalue weighted by molar-refractivity contribution is 5.44. The minimum Gasteiger partial charge on any atom is -0.399 e. The molecule has 0 atom stereocenters. The predicted octanol–water partition coefficient (Wildman–Crippen LogP) is 0.114. The second-order valence-corrected chi connectivity index (χ2v) is 2.36. The quantitative estimate of drug-likeness (QED) is 0.355. The van der Waals surface area contributed by atoms with Gasteiger partial charge < -0.3 is 16.6 Å². The SMILES string of the molecule is NCCO.Nc1ccc([N+](=O)[O-])cc1. The Morgan fingerprint density at radius 1 is 1.36 bits per heavy atom. The molecule has 1 aromatic rings. The molecule has 78 valence electrons. The Hall–Kier alpha value is -1.66. The van der Waals surface area contributed by atoms with Gasteiger partial charge in [0.15, 0.2) is 0 Å². The molecule has 0 saturated carbocycles. The third kappa shape index (κ3) is 5.07. The summed E-state index contributed by atoms with van der Waals surface area (Å²) in [5.74, 6) is 0. The summed E-state index contributed by atoms with van der Waals surface area (Å²) in [5, 5.41) is 17.8. The van der Waals surface area contributed by atoms with E-state index in [1.165, 1.54) is 24.3 Å². The number of rotatable bonds is 2. The molecule has 0 unspecified atom stereocenters. The summed E-state index contributed by atoms with van der Waals surface area (Å²) in [6, 6.07) is 5.74. The topological polar surface area (TPSA) is 115 Å². The van der Waals surface area contributed by atoms with Crippen LogP contribution in [0.2, 0.25) is 0 Å². The molecular weight excluding hydrogens is 186 g/mol. The van der Waals surface area contributed by atoms with Gasteiger partial charge in [-0.3, -0.25) is 10.1 Å². The highest BCUT2D eigenvalue weighted by Gasteiger charge is 2.00. The van der Waals surface area contributed by atoms with Crippen molar-refractivity contribution in [3.8, 4) is 0 Å². The molecule has 0 bridgehead atoms. The molecule has 0 aliphatic heterocycles. The third-order valence-electron chi connectivity index (χ3n) is 1.23. The number of benzene rings is 1. The van der Waals surface area contributed by atoms with Crippen LogP contribution in [0.15, 0.2) is 24.3 Å². The smallest absolute Gasteiger partial charge is 0.269 e. The minimum atomic E-state index is -0.459. The standard InChI is InChI=1S/C6H6N2O2.C2H7NO/c7-5-1-3-6(4-2-5)8(9)10;3-1-2-4/h1-4H,7H2;4H,1-3H2. The number of hydrogen-bond acceptors (Lipinski definition) is 5. The number of anilines is 1. The fraction of sp³-hybridized carbons (Fsp3) is 0.250. The van der Waals surface area contributed by atoms with Gasteiger partial charge >= 0.3 is 0 Å². The highest BCUT2D eigenvalue weighted by atomic mass is 16.6. The Balaban J connectivity index is 0.000000364. The summed E-state index contributed by atoms with van der Waals surface area (Å²) < 4.78 is 0. The third-order valence-corrected chi connectivity index (χ3v) is 1.23. The van der Waals surface area contributed by atoms with Crippen LogP contribution < -0.4 is 11.5 Å². The van der Waals surface area contributed by atoms with Gasteiger partial charge in [0, 0.05) is 24.4 Å². The molecule has 6 nitrogen and oxygen atoms in total. The lowest BCUT2D eigenvalue weighted by Gasteiger charge is -1.90. The lowest BCUT2D eigenvalue weighted by molar-refractivity contribution is -0.384. The van der Waals surface area contributed by atoms with Gasteiger partial charge in [-0.1, -0.05) is 0 Å². The molecule has 0 aliphatic carbocycles. The zero-order chi connectivity index (χ0) is 11.0. The molecule has 0 spiro atoms. The van der Waals surface area contributed by atoms with Crippen LogP contribution in [0.25, 0.3) is 0 Å². The summed E-state index contributed by atoms with van der Waals surface area (Å²) in [6.07, 6.45) is 0. The molecule has 1 rings (SSSR count). The van der Waals surface area contributed by atoms with Gasteiger partial charge in [0.1, 0.15) is 0 Å². The molecular formula is C8H13N3O3. The molecule has 0 aromatic heterocycles. The van der Waals surface area contributed by atoms with E-state index in [9.17, 15) is 10.1 Å². The number of hydrogen-bond donors (Lipinski definition) is 3. The summed E-state index contributed by atoms with van der Waals surface area (Å²) in [4.78, 5) is 9.62. The predicted molar refractivity (Wildman–Crippen MR) is 53.6 cm³/mol. The second-order valence-electron chi connectivity index (χ2n) is 2.36. The number of aliphatic hydroxyl groups is 1. The molecule has 5 N–H and O–H groups in total. The van der Waals surface area contributed by atoms with Crippen LogP contribution in [0, 0.1) is 10.1 Å². The maximum absolute atomic E-state index is 10.1. The molecule has 6 heteroatoms. The lowest BCUT2D eigenvalue weighted by Crippen LogP contribution is -2.02. The van der Waals surface area contributed by atoms with Crippen molar-refractivity contribution in [3.05, 3.63) is 34.4 Å². The molecule has 1 aromatic carbocycles. The second kappa shape index (κ2) is 6.81. The molecule has 0 aliphatic rings. The van der Waals surface area contributed by atoms with Gasteiger partial charge in [-0.25, -0.2) is 0 Å². The van der Waals surface area contributed by atoms with Crippen LogP contribution in [0.5, 0.6) is 0 Å². The monoisotopic (exact) mass is 199 g/mol. The van der Waals surface area contributed by atoms with Crippen molar-refractivity contribution in [2.75, 3.05) is 18.9 Å². The van der Waals surface area contributed by atoms with Crippen molar-refractivity contribution in [3.63, 3.8) is 0 Å². The van der Waals surface area contributed by atoms with Crippen molar-refractivity contribution >= 4 is 11.4 Å². The number of nitro groups is 1. The van der Waals surface area contributed by atoms with Crippen molar-refractivity contribution in [2.24, 2.45) is 5.73 Å². The van der Waals surface area contributed by atoms with Crippen LogP contribution in [0.3, 0.4) is 0 Å². The summed E-state index contributed by atoms with van der Waals surface area (Å²) in [7, 11) is 0. The Morgan fingerprint density at radius 2 is 1.79 bits per heavy atom. The van der Waals surface area contributed by atoms with Crippen LogP contribution in [-0.4, -0.2) is 23.2 Å². The number of non-ortho nitro benzene ring substituents is 1. The Kier molecular flexibility index (Phi) is 6.01. The summed E-state index contributed by atoms with van der Waals surface area (Å²) in [6.45, 7) is 0.472. The largest absolute Gasteiger partial charge is 0.399 e. The van der Waals surface area contributed by atoms with E-state index in [0.717, 1.165) is 0 Å². The Morgan fingerprint density at radius 3 is 2.07 bits per heavy atom. The zero-order valence-corrected chi connectivity index (χ0v) is 7.59. The van der Waals surface area contributed by atoms with E-state index in [0.29, 0.717) is 12.2 Å². The van der Waals surface area contributed by atoms with E-state index in [4.69, 9.17) is 16.6 Å². The average Bonchev–Trinajstić information content (AvgIpc) is 2.19. The van der Waals surface area contributed by atoms with Crippen molar-refractivity contribution in [1.82, 2.24) is 0 Å². The van der Waals surface area contributed by atoms with Crippen molar-refractivity contribution < 1.29 is 10.0 Å². The van der Waals surface area contributed by atoms with Gasteiger partial charge in [-0.15, -0.1) is 0 Å². The minimum absolute atomic E-state index is 0.0641. The first-order chi connectivity index (χ1) is 6.61. The molecule has 0 radical (unpaired) electrons.